The van der Waals surface area contributed by atoms with E-state index in [1.165, 1.54) is 0 Å². The van der Waals surface area contributed by atoms with E-state index in [0.29, 0.717) is 6.42 Å². The number of amides is 1. The maximum atomic E-state index is 11.1. The van der Waals surface area contributed by atoms with Gasteiger partial charge in [0.1, 0.15) is 0 Å². The van der Waals surface area contributed by atoms with Gasteiger partial charge in [0.15, 0.2) is 0 Å². The van der Waals surface area contributed by atoms with Gasteiger partial charge in [-0.3, -0.25) is 9.78 Å². The summed E-state index contributed by atoms with van der Waals surface area (Å²) in [5.41, 5.74) is 4.17. The van der Waals surface area contributed by atoms with E-state index in [2.05, 4.69) is 15.5 Å². The lowest BCUT2D eigenvalue weighted by Crippen LogP contribution is -2.18. The number of rotatable bonds is 4. The summed E-state index contributed by atoms with van der Waals surface area (Å²) in [5.74, 6) is -0.0549. The summed E-state index contributed by atoms with van der Waals surface area (Å²) in [5, 5.41) is 3.99. The number of hydrogen-bond acceptors (Lipinski definition) is 3. The third-order valence-electron chi connectivity index (χ3n) is 1.90. The second kappa shape index (κ2) is 5.90. The highest BCUT2D eigenvalue weighted by Gasteiger charge is 1.99. The Morgan fingerprint density at radius 3 is 3.00 bits per heavy atom. The Balaban J connectivity index is 2.57. The van der Waals surface area contributed by atoms with Gasteiger partial charge >= 0.3 is 0 Å². The summed E-state index contributed by atoms with van der Waals surface area (Å²) >= 11 is 0. The molecule has 1 aromatic rings. The third-order valence-corrected chi connectivity index (χ3v) is 1.90. The Bertz CT molecular complexity index is 346. The lowest BCUT2D eigenvalue weighted by Gasteiger charge is -2.01. The fraction of sp³-hybridized carbons (Fsp3) is 0.364. The molecule has 0 bridgehead atoms. The number of hydrogen-bond donors (Lipinski definition) is 1. The molecule has 0 radical (unpaired) electrons. The number of hydrazone groups is 1. The minimum atomic E-state index is -0.0549. The van der Waals surface area contributed by atoms with Crippen molar-refractivity contribution in [3.63, 3.8) is 0 Å². The largest absolute Gasteiger partial charge is 0.273 e. The summed E-state index contributed by atoms with van der Waals surface area (Å²) in [6.45, 7) is 3.79. The Hall–Kier alpha value is -1.71. The van der Waals surface area contributed by atoms with Crippen LogP contribution in [-0.4, -0.2) is 16.6 Å². The van der Waals surface area contributed by atoms with Crippen molar-refractivity contribution in [2.45, 2.75) is 26.7 Å². The number of pyridine rings is 1. The average Bonchev–Trinajstić information content (AvgIpc) is 2.27. The van der Waals surface area contributed by atoms with Gasteiger partial charge < -0.3 is 0 Å². The molecule has 15 heavy (non-hydrogen) atoms. The third kappa shape index (κ3) is 3.89. The van der Waals surface area contributed by atoms with E-state index >= 15 is 0 Å². The topological polar surface area (TPSA) is 54.4 Å². The molecular formula is C11H15N3O. The van der Waals surface area contributed by atoms with E-state index in [0.717, 1.165) is 17.7 Å². The van der Waals surface area contributed by atoms with E-state index in [1.807, 2.05) is 26.0 Å². The molecule has 0 fully saturated rings. The fourth-order valence-electron chi connectivity index (χ4n) is 1.07. The summed E-state index contributed by atoms with van der Waals surface area (Å²) in [6.07, 6.45) is 4.74. The molecule has 80 valence electrons. The first-order valence-electron chi connectivity index (χ1n) is 4.97. The summed E-state index contributed by atoms with van der Waals surface area (Å²) in [4.78, 5) is 15.1. The molecule has 0 atom stereocenters. The Labute approximate surface area is 89.4 Å². The van der Waals surface area contributed by atoms with Crippen LogP contribution in [0.4, 0.5) is 0 Å². The number of carbonyl (C=O) groups is 1. The van der Waals surface area contributed by atoms with Crippen LogP contribution >= 0.6 is 0 Å². The van der Waals surface area contributed by atoms with Crippen LogP contribution in [0.1, 0.15) is 32.3 Å². The molecule has 4 nitrogen and oxygen atoms in total. The van der Waals surface area contributed by atoms with E-state index in [9.17, 15) is 4.79 Å². The van der Waals surface area contributed by atoms with Crippen LogP contribution in [0.5, 0.6) is 0 Å². The highest BCUT2D eigenvalue weighted by molar-refractivity contribution is 5.98. The Kier molecular flexibility index (Phi) is 4.47. The summed E-state index contributed by atoms with van der Waals surface area (Å²) < 4.78 is 0. The highest BCUT2D eigenvalue weighted by Crippen LogP contribution is 1.97. The molecule has 0 aliphatic rings. The van der Waals surface area contributed by atoms with Crippen molar-refractivity contribution >= 4 is 11.6 Å². The van der Waals surface area contributed by atoms with Crippen LogP contribution in [0.2, 0.25) is 0 Å². The van der Waals surface area contributed by atoms with Crippen molar-refractivity contribution in [1.82, 2.24) is 10.4 Å². The molecule has 0 saturated heterocycles. The first kappa shape index (κ1) is 11.4. The number of nitrogens with one attached hydrogen (secondary N) is 1. The smallest absolute Gasteiger partial charge is 0.240 e. The van der Waals surface area contributed by atoms with Crippen molar-refractivity contribution in [2.75, 3.05) is 0 Å². The normalized spacial score (nSPS) is 11.2. The first-order chi connectivity index (χ1) is 7.24. The van der Waals surface area contributed by atoms with Crippen molar-refractivity contribution in [1.29, 1.82) is 0 Å². The van der Waals surface area contributed by atoms with E-state index in [1.54, 1.807) is 12.4 Å². The number of nitrogens with zero attached hydrogens (tertiary/aromatic N) is 2. The molecular weight excluding hydrogens is 190 g/mol. The van der Waals surface area contributed by atoms with Gasteiger partial charge in [0.05, 0.1) is 5.71 Å². The van der Waals surface area contributed by atoms with Crippen molar-refractivity contribution < 1.29 is 4.79 Å². The van der Waals surface area contributed by atoms with Gasteiger partial charge in [-0.15, -0.1) is 0 Å². The molecule has 1 amide bonds. The van der Waals surface area contributed by atoms with E-state index < -0.39 is 0 Å². The van der Waals surface area contributed by atoms with Gasteiger partial charge in [0, 0.05) is 24.4 Å². The second-order valence-electron chi connectivity index (χ2n) is 3.22. The zero-order valence-corrected chi connectivity index (χ0v) is 9.03. The van der Waals surface area contributed by atoms with Crippen molar-refractivity contribution in [3.8, 4) is 0 Å². The molecule has 1 aromatic heterocycles. The van der Waals surface area contributed by atoms with Crippen LogP contribution < -0.4 is 5.43 Å². The molecule has 0 spiro atoms. The second-order valence-corrected chi connectivity index (χ2v) is 3.22. The summed E-state index contributed by atoms with van der Waals surface area (Å²) in [6, 6.07) is 3.74. The molecule has 0 aromatic carbocycles. The molecule has 0 aliphatic carbocycles. The minimum absolute atomic E-state index is 0.0549. The number of aromatic nitrogens is 1. The maximum absolute atomic E-state index is 11.1. The van der Waals surface area contributed by atoms with Gasteiger partial charge in [-0.05, 0) is 19.4 Å². The van der Waals surface area contributed by atoms with Gasteiger partial charge in [0.25, 0.3) is 0 Å². The van der Waals surface area contributed by atoms with Crippen LogP contribution in [0.3, 0.4) is 0 Å². The molecule has 4 heteroatoms. The van der Waals surface area contributed by atoms with Crippen molar-refractivity contribution in [2.24, 2.45) is 5.10 Å². The quantitative estimate of drug-likeness (QED) is 0.601. The molecule has 0 aliphatic heterocycles. The zero-order chi connectivity index (χ0) is 11.1. The molecule has 1 heterocycles. The highest BCUT2D eigenvalue weighted by atomic mass is 16.2. The lowest BCUT2D eigenvalue weighted by molar-refractivity contribution is -0.121. The van der Waals surface area contributed by atoms with Gasteiger partial charge in [-0.1, -0.05) is 13.0 Å². The Morgan fingerprint density at radius 1 is 1.60 bits per heavy atom. The van der Waals surface area contributed by atoms with Crippen LogP contribution in [-0.2, 0) is 4.79 Å². The molecule has 0 saturated carbocycles. The molecule has 1 rings (SSSR count). The SMILES string of the molecule is CCCC(=O)NN=C(C)c1cccnc1. The van der Waals surface area contributed by atoms with Crippen LogP contribution in [0.25, 0.3) is 0 Å². The standard InChI is InChI=1S/C11H15N3O/c1-3-5-11(15)14-13-9(2)10-6-4-7-12-8-10/h4,6-8H,3,5H2,1-2H3,(H,14,15). The number of carbonyl (C=O) groups excluding carboxylic acids is 1. The first-order valence-corrected chi connectivity index (χ1v) is 4.97. The van der Waals surface area contributed by atoms with Crippen LogP contribution in [0.15, 0.2) is 29.6 Å². The maximum Gasteiger partial charge on any atom is 0.240 e. The van der Waals surface area contributed by atoms with E-state index in [4.69, 9.17) is 0 Å². The Morgan fingerprint density at radius 2 is 2.40 bits per heavy atom. The summed E-state index contributed by atoms with van der Waals surface area (Å²) in [7, 11) is 0. The molecule has 0 unspecified atom stereocenters. The average molecular weight is 205 g/mol. The monoisotopic (exact) mass is 205 g/mol. The van der Waals surface area contributed by atoms with Gasteiger partial charge in [0.2, 0.25) is 5.91 Å². The lowest BCUT2D eigenvalue weighted by atomic mass is 10.2. The van der Waals surface area contributed by atoms with Crippen LogP contribution in [0, 0.1) is 0 Å². The van der Waals surface area contributed by atoms with Gasteiger partial charge in [-0.25, -0.2) is 5.43 Å². The van der Waals surface area contributed by atoms with Gasteiger partial charge in [-0.2, -0.15) is 5.10 Å². The zero-order valence-electron chi connectivity index (χ0n) is 9.03. The fourth-order valence-corrected chi connectivity index (χ4v) is 1.07. The van der Waals surface area contributed by atoms with Crippen molar-refractivity contribution in [3.05, 3.63) is 30.1 Å². The predicted octanol–water partition coefficient (Wildman–Crippen LogP) is 1.72. The van der Waals surface area contributed by atoms with E-state index in [-0.39, 0.29) is 5.91 Å². The predicted molar refractivity (Wildman–Crippen MR) is 59.5 cm³/mol. The molecule has 1 N–H and O–H groups in total. The minimum Gasteiger partial charge on any atom is -0.273 e.